The molecule has 0 bridgehead atoms. The fraction of sp³-hybridized carbons (Fsp3) is 0.214. The van der Waals surface area contributed by atoms with E-state index >= 15 is 0 Å². The summed E-state index contributed by atoms with van der Waals surface area (Å²) in [4.78, 5) is 2.30. The molecule has 64 heavy (non-hydrogen) atoms. The first kappa shape index (κ1) is 41.0. The minimum atomic E-state index is -0.444. The predicted octanol–water partition coefficient (Wildman–Crippen LogP) is 13.8. The first-order valence-electron chi connectivity index (χ1n) is 22.3. The average molecular weight is 856 g/mol. The fourth-order valence-corrected chi connectivity index (χ4v) is 10.5. The third kappa shape index (κ3) is 6.69. The van der Waals surface area contributed by atoms with Crippen molar-refractivity contribution in [2.75, 3.05) is 4.90 Å². The zero-order chi connectivity index (χ0) is 44.2. The predicted molar refractivity (Wildman–Crippen MR) is 271 cm³/mol. The third-order valence-electron chi connectivity index (χ3n) is 14.4. The quantitative estimate of drug-likeness (QED) is 0.118. The lowest BCUT2D eigenvalue weighted by molar-refractivity contribution is 0.00578. The van der Waals surface area contributed by atoms with Crippen LogP contribution < -0.4 is 15.8 Å². The molecule has 0 saturated carbocycles. The van der Waals surface area contributed by atoms with Crippen LogP contribution in [0.4, 0.5) is 17.1 Å². The van der Waals surface area contributed by atoms with Crippen LogP contribution in [0.5, 0.6) is 0 Å². The fourth-order valence-electron chi connectivity index (χ4n) is 9.38. The first-order chi connectivity index (χ1) is 30.7. The van der Waals surface area contributed by atoms with Gasteiger partial charge in [-0.05, 0) is 165 Å². The minimum Gasteiger partial charge on any atom is -0.399 e. The molecular weight excluding hydrogens is 804 g/mol. The second-order valence-corrected chi connectivity index (χ2v) is 20.5. The molecule has 8 aromatic carbocycles. The minimum absolute atomic E-state index is 0.423. The molecular formula is C56H51B2NO4S. The Bertz CT molecular complexity index is 3080. The summed E-state index contributed by atoms with van der Waals surface area (Å²) in [5.41, 5.74) is 8.25. The third-order valence-corrected chi connectivity index (χ3v) is 15.5. The molecule has 2 aliphatic rings. The molecule has 316 valence electrons. The zero-order valence-corrected chi connectivity index (χ0v) is 38.5. The van der Waals surface area contributed by atoms with Crippen LogP contribution in [0.15, 0.2) is 164 Å². The van der Waals surface area contributed by atoms with Crippen molar-refractivity contribution in [1.29, 1.82) is 0 Å². The number of rotatable bonds is 7. The van der Waals surface area contributed by atoms with Gasteiger partial charge >= 0.3 is 14.2 Å². The number of hydrogen-bond acceptors (Lipinski definition) is 6. The van der Waals surface area contributed by atoms with Gasteiger partial charge in [-0.2, -0.15) is 0 Å². The van der Waals surface area contributed by atoms with E-state index in [0.717, 1.165) is 33.6 Å². The van der Waals surface area contributed by atoms with Gasteiger partial charge in [-0.1, -0.05) is 109 Å². The van der Waals surface area contributed by atoms with Gasteiger partial charge in [0.1, 0.15) is 0 Å². The van der Waals surface area contributed by atoms with Crippen molar-refractivity contribution in [3.05, 3.63) is 164 Å². The summed E-state index contributed by atoms with van der Waals surface area (Å²) in [5.74, 6) is 0. The van der Waals surface area contributed by atoms with Crippen LogP contribution in [-0.2, 0) is 18.6 Å². The second kappa shape index (κ2) is 14.9. The van der Waals surface area contributed by atoms with E-state index in [-0.39, 0.29) is 0 Å². The molecule has 2 aliphatic heterocycles. The molecule has 0 aliphatic carbocycles. The summed E-state index contributed by atoms with van der Waals surface area (Å²) in [6.45, 7) is 16.7. The smallest absolute Gasteiger partial charge is 0.399 e. The number of benzene rings is 8. The lowest BCUT2D eigenvalue weighted by Gasteiger charge is -2.32. The highest BCUT2D eigenvalue weighted by Crippen LogP contribution is 2.46. The average Bonchev–Trinajstić information content (AvgIpc) is 3.85. The molecule has 0 N–H and O–H groups in total. The van der Waals surface area contributed by atoms with Crippen molar-refractivity contribution in [1.82, 2.24) is 0 Å². The molecule has 5 nitrogen and oxygen atoms in total. The summed E-state index contributed by atoms with van der Waals surface area (Å²) >= 11 is 1.86. The Morgan fingerprint density at radius 3 is 1.14 bits per heavy atom. The van der Waals surface area contributed by atoms with Gasteiger partial charge in [0.15, 0.2) is 0 Å². The van der Waals surface area contributed by atoms with Crippen molar-refractivity contribution in [3.63, 3.8) is 0 Å². The van der Waals surface area contributed by atoms with Crippen molar-refractivity contribution in [3.8, 4) is 22.3 Å². The van der Waals surface area contributed by atoms with Gasteiger partial charge in [-0.3, -0.25) is 0 Å². The number of nitrogens with zero attached hydrogens (tertiary/aromatic N) is 1. The Morgan fingerprint density at radius 2 is 0.703 bits per heavy atom. The molecule has 0 amide bonds. The van der Waals surface area contributed by atoms with E-state index in [1.807, 2.05) is 11.3 Å². The van der Waals surface area contributed by atoms with Crippen molar-refractivity contribution >= 4 is 95.3 Å². The standard InChI is InChI=1S/C56H51B2NO4S/c1-53(2)54(3,4)61-57(60-53)38-24-30-41(31-25-38)59(42-32-26-39(27-33-42)58-62-55(5,6)56(7,8)63-58)40-28-21-36(22-29-40)51-44-16-9-11-18-46(44)52(47-19-12-10-17-45(47)51)37-23-34-50-48(35-37)43-15-13-14-20-49(43)64-50/h9-35H,1-8H3. The Balaban J connectivity index is 1.00. The summed E-state index contributed by atoms with van der Waals surface area (Å²) < 4.78 is 28.3. The zero-order valence-electron chi connectivity index (χ0n) is 37.7. The largest absolute Gasteiger partial charge is 0.494 e. The highest BCUT2D eigenvalue weighted by Gasteiger charge is 2.52. The highest BCUT2D eigenvalue weighted by atomic mass is 32.1. The Labute approximate surface area is 380 Å². The Hall–Kier alpha value is -5.73. The van der Waals surface area contributed by atoms with Crippen LogP contribution in [0, 0.1) is 0 Å². The van der Waals surface area contributed by atoms with E-state index in [0.29, 0.717) is 0 Å². The topological polar surface area (TPSA) is 40.2 Å². The summed E-state index contributed by atoms with van der Waals surface area (Å²) in [5, 5.41) is 7.56. The van der Waals surface area contributed by atoms with Crippen LogP contribution in [-0.4, -0.2) is 36.6 Å². The molecule has 0 spiro atoms. The van der Waals surface area contributed by atoms with E-state index in [4.69, 9.17) is 18.6 Å². The molecule has 2 fully saturated rings. The molecule has 0 atom stereocenters. The molecule has 0 radical (unpaired) electrons. The first-order valence-corrected chi connectivity index (χ1v) is 23.2. The van der Waals surface area contributed by atoms with E-state index in [1.165, 1.54) is 58.4 Å². The van der Waals surface area contributed by atoms with E-state index in [9.17, 15) is 0 Å². The number of fused-ring (bicyclic) bond motifs is 5. The maximum atomic E-state index is 6.43. The van der Waals surface area contributed by atoms with E-state index in [1.54, 1.807) is 0 Å². The molecule has 1 aromatic heterocycles. The van der Waals surface area contributed by atoms with E-state index < -0.39 is 36.6 Å². The molecule has 3 heterocycles. The molecule has 9 aromatic rings. The number of hydrogen-bond donors (Lipinski definition) is 0. The van der Waals surface area contributed by atoms with Crippen molar-refractivity contribution in [2.24, 2.45) is 0 Å². The Kier molecular flexibility index (Phi) is 9.55. The van der Waals surface area contributed by atoms with E-state index in [2.05, 4.69) is 224 Å². The molecule has 0 unspecified atom stereocenters. The molecule has 11 rings (SSSR count). The summed E-state index contributed by atoms with van der Waals surface area (Å²) in [7, 11) is -0.888. The lowest BCUT2D eigenvalue weighted by atomic mass is 9.79. The molecule has 8 heteroatoms. The van der Waals surface area contributed by atoms with Gasteiger partial charge in [0, 0.05) is 37.2 Å². The lowest BCUT2D eigenvalue weighted by Crippen LogP contribution is -2.41. The second-order valence-electron chi connectivity index (χ2n) is 19.4. The SMILES string of the molecule is CC1(C)OB(c2ccc(N(c3ccc(B4OC(C)(C)C(C)(C)O4)cc3)c3ccc(-c4c5ccccc5c(-c5ccc6sc7ccccc7c6c5)c5ccccc45)cc3)cc2)OC1(C)C. The van der Waals surface area contributed by atoms with Crippen molar-refractivity contribution in [2.45, 2.75) is 77.8 Å². The van der Waals surface area contributed by atoms with Crippen LogP contribution >= 0.6 is 11.3 Å². The van der Waals surface area contributed by atoms with Gasteiger partial charge in [-0.15, -0.1) is 11.3 Å². The van der Waals surface area contributed by atoms with Gasteiger partial charge in [0.05, 0.1) is 22.4 Å². The molecule has 2 saturated heterocycles. The van der Waals surface area contributed by atoms with Gasteiger partial charge in [0.2, 0.25) is 0 Å². The summed E-state index contributed by atoms with van der Waals surface area (Å²) in [6, 6.07) is 59.7. The van der Waals surface area contributed by atoms with Gasteiger partial charge < -0.3 is 23.5 Å². The Morgan fingerprint density at radius 1 is 0.359 bits per heavy atom. The monoisotopic (exact) mass is 855 g/mol. The maximum absolute atomic E-state index is 6.43. The van der Waals surface area contributed by atoms with Crippen LogP contribution in [0.2, 0.25) is 0 Å². The maximum Gasteiger partial charge on any atom is 0.494 e. The number of thiophene rings is 1. The van der Waals surface area contributed by atoms with Crippen LogP contribution in [0.25, 0.3) is 64.0 Å². The van der Waals surface area contributed by atoms with Gasteiger partial charge in [-0.25, -0.2) is 0 Å². The highest BCUT2D eigenvalue weighted by molar-refractivity contribution is 7.25. The summed E-state index contributed by atoms with van der Waals surface area (Å²) in [6.07, 6.45) is 0. The van der Waals surface area contributed by atoms with Gasteiger partial charge in [0.25, 0.3) is 0 Å². The van der Waals surface area contributed by atoms with Crippen LogP contribution in [0.1, 0.15) is 55.4 Å². The van der Waals surface area contributed by atoms with Crippen LogP contribution in [0.3, 0.4) is 0 Å². The number of anilines is 3. The van der Waals surface area contributed by atoms with Crippen molar-refractivity contribution < 1.29 is 18.6 Å². The normalized spacial score (nSPS) is 17.6.